The lowest BCUT2D eigenvalue weighted by atomic mass is 10.0. The first kappa shape index (κ1) is 18.0. The van der Waals surface area contributed by atoms with Crippen LogP contribution in [0, 0.1) is 6.92 Å². The van der Waals surface area contributed by atoms with Crippen molar-refractivity contribution in [3.8, 4) is 0 Å². The largest absolute Gasteiger partial charge is 0.330 e. The summed E-state index contributed by atoms with van der Waals surface area (Å²) < 4.78 is 0. The van der Waals surface area contributed by atoms with Crippen molar-refractivity contribution in [2.45, 2.75) is 96.3 Å². The van der Waals surface area contributed by atoms with Crippen LogP contribution in [0.4, 0.5) is 0 Å². The highest BCUT2D eigenvalue weighted by molar-refractivity contribution is 4.50. The van der Waals surface area contributed by atoms with Crippen LogP contribution in [0.5, 0.6) is 0 Å². The van der Waals surface area contributed by atoms with E-state index in [1.165, 1.54) is 89.9 Å². The molecule has 0 saturated carbocycles. The average molecular weight is 254 g/mol. The predicted octanol–water partition coefficient (Wildman–Crippen LogP) is 5.63. The van der Waals surface area contributed by atoms with Crippen molar-refractivity contribution in [3.05, 3.63) is 6.92 Å². The molecule has 0 aromatic carbocycles. The van der Waals surface area contributed by atoms with Gasteiger partial charge in [-0.1, -0.05) is 96.8 Å². The SMILES string of the molecule is [CH2]CCCCCCCCCCCCCCCCN. The smallest absolute Gasteiger partial charge is 0.00773 e. The molecule has 0 aromatic heterocycles. The molecular formula is C17H36N. The second-order valence-corrected chi connectivity index (χ2v) is 5.59. The molecule has 1 heteroatoms. The molecule has 109 valence electrons. The number of nitrogens with two attached hydrogens (primary N) is 1. The van der Waals surface area contributed by atoms with Gasteiger partial charge in [0, 0.05) is 0 Å². The molecule has 0 aromatic rings. The third-order valence-corrected chi connectivity index (χ3v) is 3.70. The molecule has 0 aliphatic heterocycles. The fraction of sp³-hybridized carbons (Fsp3) is 0.941. The Morgan fingerprint density at radius 1 is 0.444 bits per heavy atom. The summed E-state index contributed by atoms with van der Waals surface area (Å²) in [5, 5.41) is 0. The van der Waals surface area contributed by atoms with Gasteiger partial charge in [0.15, 0.2) is 0 Å². The van der Waals surface area contributed by atoms with Crippen molar-refractivity contribution in [2.24, 2.45) is 5.73 Å². The summed E-state index contributed by atoms with van der Waals surface area (Å²) in [5.74, 6) is 0. The zero-order valence-electron chi connectivity index (χ0n) is 12.6. The van der Waals surface area contributed by atoms with Gasteiger partial charge in [0.1, 0.15) is 0 Å². The van der Waals surface area contributed by atoms with Crippen molar-refractivity contribution < 1.29 is 0 Å². The molecule has 1 nitrogen and oxygen atoms in total. The summed E-state index contributed by atoms with van der Waals surface area (Å²) in [4.78, 5) is 0. The van der Waals surface area contributed by atoms with Crippen LogP contribution < -0.4 is 5.73 Å². The lowest BCUT2D eigenvalue weighted by molar-refractivity contribution is 0.534. The first-order chi connectivity index (χ1) is 8.91. The minimum absolute atomic E-state index is 0.870. The Kier molecular flexibility index (Phi) is 16.9. The van der Waals surface area contributed by atoms with Gasteiger partial charge >= 0.3 is 0 Å². The van der Waals surface area contributed by atoms with Gasteiger partial charge in [-0.3, -0.25) is 0 Å². The molecule has 0 atom stereocenters. The van der Waals surface area contributed by atoms with Gasteiger partial charge in [-0.25, -0.2) is 0 Å². The molecule has 0 saturated heterocycles. The van der Waals surface area contributed by atoms with E-state index < -0.39 is 0 Å². The minimum Gasteiger partial charge on any atom is -0.330 e. The second-order valence-electron chi connectivity index (χ2n) is 5.59. The fourth-order valence-corrected chi connectivity index (χ4v) is 2.44. The predicted molar refractivity (Wildman–Crippen MR) is 83.7 cm³/mol. The van der Waals surface area contributed by atoms with E-state index in [0.717, 1.165) is 13.0 Å². The Balaban J connectivity index is 2.86. The van der Waals surface area contributed by atoms with Crippen LogP contribution in [0.2, 0.25) is 0 Å². The Labute approximate surface area is 116 Å². The van der Waals surface area contributed by atoms with Gasteiger partial charge in [0.05, 0.1) is 0 Å². The van der Waals surface area contributed by atoms with Crippen molar-refractivity contribution in [1.29, 1.82) is 0 Å². The van der Waals surface area contributed by atoms with Gasteiger partial charge in [-0.15, -0.1) is 0 Å². The van der Waals surface area contributed by atoms with E-state index in [-0.39, 0.29) is 0 Å². The summed E-state index contributed by atoms with van der Waals surface area (Å²) in [6, 6.07) is 0. The highest BCUT2D eigenvalue weighted by atomic mass is 14.5. The van der Waals surface area contributed by atoms with Crippen LogP contribution in [0.1, 0.15) is 96.3 Å². The van der Waals surface area contributed by atoms with E-state index in [1.807, 2.05) is 0 Å². The second kappa shape index (κ2) is 17.0. The molecule has 0 unspecified atom stereocenters. The molecule has 0 aliphatic rings. The maximum Gasteiger partial charge on any atom is -0.00773 e. The lowest BCUT2D eigenvalue weighted by Gasteiger charge is -2.03. The Morgan fingerprint density at radius 3 is 1.00 bits per heavy atom. The quantitative estimate of drug-likeness (QED) is 0.376. The summed E-state index contributed by atoms with van der Waals surface area (Å²) in [6.45, 7) is 4.75. The van der Waals surface area contributed by atoms with Crippen LogP contribution in [-0.2, 0) is 0 Å². The van der Waals surface area contributed by atoms with Crippen LogP contribution in [0.3, 0.4) is 0 Å². The summed E-state index contributed by atoms with van der Waals surface area (Å²) in [6.07, 6.45) is 20.8. The van der Waals surface area contributed by atoms with E-state index in [0.29, 0.717) is 0 Å². The number of hydrogen-bond acceptors (Lipinski definition) is 1. The van der Waals surface area contributed by atoms with Crippen LogP contribution >= 0.6 is 0 Å². The zero-order valence-corrected chi connectivity index (χ0v) is 12.6. The minimum atomic E-state index is 0.870. The third-order valence-electron chi connectivity index (χ3n) is 3.70. The van der Waals surface area contributed by atoms with Crippen molar-refractivity contribution >= 4 is 0 Å². The van der Waals surface area contributed by atoms with Gasteiger partial charge in [-0.05, 0) is 13.0 Å². The lowest BCUT2D eigenvalue weighted by Crippen LogP contribution is -1.97. The Bertz CT molecular complexity index is 118. The maximum absolute atomic E-state index is 5.47. The van der Waals surface area contributed by atoms with Gasteiger partial charge in [0.2, 0.25) is 0 Å². The van der Waals surface area contributed by atoms with Crippen LogP contribution in [0.15, 0.2) is 0 Å². The van der Waals surface area contributed by atoms with E-state index in [9.17, 15) is 0 Å². The number of rotatable bonds is 15. The normalized spacial score (nSPS) is 11.0. The Hall–Kier alpha value is -0.0400. The van der Waals surface area contributed by atoms with Crippen LogP contribution in [-0.4, -0.2) is 6.54 Å². The van der Waals surface area contributed by atoms with E-state index in [1.54, 1.807) is 0 Å². The van der Waals surface area contributed by atoms with Gasteiger partial charge in [-0.2, -0.15) is 0 Å². The molecule has 0 fully saturated rings. The Morgan fingerprint density at radius 2 is 0.722 bits per heavy atom. The summed E-state index contributed by atoms with van der Waals surface area (Å²) in [5.41, 5.74) is 5.47. The highest BCUT2D eigenvalue weighted by Gasteiger charge is 1.93. The molecule has 18 heavy (non-hydrogen) atoms. The topological polar surface area (TPSA) is 26.0 Å². The molecular weight excluding hydrogens is 218 g/mol. The monoisotopic (exact) mass is 254 g/mol. The molecule has 0 heterocycles. The van der Waals surface area contributed by atoms with Crippen molar-refractivity contribution in [3.63, 3.8) is 0 Å². The van der Waals surface area contributed by atoms with Crippen molar-refractivity contribution in [1.82, 2.24) is 0 Å². The van der Waals surface area contributed by atoms with Crippen molar-refractivity contribution in [2.75, 3.05) is 6.54 Å². The van der Waals surface area contributed by atoms with E-state index >= 15 is 0 Å². The van der Waals surface area contributed by atoms with Gasteiger partial charge in [0.25, 0.3) is 0 Å². The number of unbranched alkanes of at least 4 members (excludes halogenated alkanes) is 14. The molecule has 0 bridgehead atoms. The molecule has 0 amide bonds. The molecule has 2 N–H and O–H groups in total. The van der Waals surface area contributed by atoms with Gasteiger partial charge < -0.3 is 5.73 Å². The summed E-state index contributed by atoms with van der Waals surface area (Å²) >= 11 is 0. The van der Waals surface area contributed by atoms with Crippen LogP contribution in [0.25, 0.3) is 0 Å². The zero-order chi connectivity index (χ0) is 13.3. The first-order valence-corrected chi connectivity index (χ1v) is 8.41. The third kappa shape index (κ3) is 16.0. The number of hydrogen-bond donors (Lipinski definition) is 1. The molecule has 0 spiro atoms. The molecule has 0 rings (SSSR count). The molecule has 0 aliphatic carbocycles. The first-order valence-electron chi connectivity index (χ1n) is 8.41. The standard InChI is InChI=1S/C17H36N/c1-2-3-4-5-6-7-8-9-10-11-12-13-14-15-16-17-18/h1-18H2. The average Bonchev–Trinajstić information content (AvgIpc) is 2.39. The molecule has 1 radical (unpaired) electrons. The maximum atomic E-state index is 5.47. The van der Waals surface area contributed by atoms with E-state index in [4.69, 9.17) is 5.73 Å². The summed E-state index contributed by atoms with van der Waals surface area (Å²) in [7, 11) is 0. The van der Waals surface area contributed by atoms with E-state index in [2.05, 4.69) is 6.92 Å². The highest BCUT2D eigenvalue weighted by Crippen LogP contribution is 2.13. The fourth-order valence-electron chi connectivity index (χ4n) is 2.44.